The van der Waals surface area contributed by atoms with Crippen LogP contribution in [0.15, 0.2) is 75.9 Å². The molecule has 4 aromatic rings. The number of para-hydroxylation sites is 1. The Bertz CT molecular complexity index is 1360. The molecule has 6 heteroatoms. The van der Waals surface area contributed by atoms with Gasteiger partial charge in [-0.3, -0.25) is 15.0 Å². The van der Waals surface area contributed by atoms with Crippen LogP contribution < -0.4 is 22.0 Å². The van der Waals surface area contributed by atoms with Crippen LogP contribution in [0, 0.1) is 13.8 Å². The molecule has 1 aromatic heterocycles. The van der Waals surface area contributed by atoms with Gasteiger partial charge in [0.1, 0.15) is 11.3 Å². The van der Waals surface area contributed by atoms with Gasteiger partial charge in [0.15, 0.2) is 5.43 Å². The molecule has 162 valence electrons. The van der Waals surface area contributed by atoms with Crippen LogP contribution in [-0.2, 0) is 0 Å². The molecular formula is C26H25N3O3. The average molecular weight is 428 g/mol. The summed E-state index contributed by atoms with van der Waals surface area (Å²) in [6, 6.07) is 20.3. The van der Waals surface area contributed by atoms with E-state index in [9.17, 15) is 9.59 Å². The molecule has 0 aliphatic heterocycles. The van der Waals surface area contributed by atoms with Crippen LogP contribution >= 0.6 is 0 Å². The Hall–Kier alpha value is -3.90. The van der Waals surface area contributed by atoms with Gasteiger partial charge in [-0.2, -0.15) is 0 Å². The number of amides is 1. The molecule has 0 saturated carbocycles. The highest BCUT2D eigenvalue weighted by Gasteiger charge is 2.20. The van der Waals surface area contributed by atoms with Gasteiger partial charge in [0.05, 0.1) is 17.0 Å². The summed E-state index contributed by atoms with van der Waals surface area (Å²) in [6.45, 7) is 5.71. The van der Waals surface area contributed by atoms with E-state index in [1.165, 1.54) is 0 Å². The first-order chi connectivity index (χ1) is 15.4. The molecule has 0 spiro atoms. The number of nitrogens with two attached hydrogens (primary N) is 1. The minimum absolute atomic E-state index is 0.0508. The van der Waals surface area contributed by atoms with Crippen LogP contribution in [0.3, 0.4) is 0 Å². The Balaban J connectivity index is 1.87. The van der Waals surface area contributed by atoms with E-state index in [-0.39, 0.29) is 17.4 Å². The van der Waals surface area contributed by atoms with E-state index in [0.717, 1.165) is 16.7 Å². The molecule has 0 fully saturated rings. The maximum atomic E-state index is 13.2. The summed E-state index contributed by atoms with van der Waals surface area (Å²) < 4.78 is 6.36. The van der Waals surface area contributed by atoms with Crippen LogP contribution in [0.2, 0.25) is 0 Å². The Kier molecular flexibility index (Phi) is 5.79. The van der Waals surface area contributed by atoms with Crippen molar-refractivity contribution in [2.24, 2.45) is 5.84 Å². The molecule has 4 N–H and O–H groups in total. The standard InChI is InChI=1S/C26H25N3O3/c1-15-13-20(17(3)28-22-12-8-7-11-19(22)26(31)29-27)25-21(14-15)23(30)16(2)24(32-25)18-9-5-4-6-10-18/h4-14,17,28H,27H2,1-3H3,(H,29,31). The van der Waals surface area contributed by atoms with Gasteiger partial charge in [0.25, 0.3) is 5.91 Å². The second kappa shape index (κ2) is 8.69. The molecule has 4 rings (SSSR count). The molecule has 0 aliphatic carbocycles. The number of fused-ring (bicyclic) bond motifs is 1. The normalized spacial score (nSPS) is 11.9. The first kappa shape index (κ1) is 21.3. The van der Waals surface area contributed by atoms with Crippen LogP contribution in [0.25, 0.3) is 22.3 Å². The molecule has 3 aromatic carbocycles. The van der Waals surface area contributed by atoms with E-state index < -0.39 is 0 Å². The fourth-order valence-electron chi connectivity index (χ4n) is 3.95. The number of hydrazine groups is 1. The van der Waals surface area contributed by atoms with Gasteiger partial charge in [-0.15, -0.1) is 0 Å². The van der Waals surface area contributed by atoms with Crippen molar-refractivity contribution in [2.75, 3.05) is 5.32 Å². The van der Waals surface area contributed by atoms with Crippen molar-refractivity contribution in [3.63, 3.8) is 0 Å². The van der Waals surface area contributed by atoms with E-state index in [2.05, 4.69) is 10.7 Å². The SMILES string of the molecule is Cc1cc(C(C)Nc2ccccc2C(=O)NN)c2oc(-c3ccccc3)c(C)c(=O)c2c1. The second-order valence-corrected chi connectivity index (χ2v) is 7.87. The summed E-state index contributed by atoms with van der Waals surface area (Å²) in [5.74, 6) is 5.51. The zero-order valence-electron chi connectivity index (χ0n) is 18.2. The summed E-state index contributed by atoms with van der Waals surface area (Å²) in [4.78, 5) is 25.4. The molecule has 32 heavy (non-hydrogen) atoms. The van der Waals surface area contributed by atoms with Crippen LogP contribution in [0.1, 0.15) is 40.0 Å². The van der Waals surface area contributed by atoms with Gasteiger partial charge in [0, 0.05) is 22.4 Å². The Morgan fingerprint density at radius 1 is 1.00 bits per heavy atom. The number of aryl methyl sites for hydroxylation is 1. The molecule has 0 bridgehead atoms. The molecule has 1 heterocycles. The third-order valence-electron chi connectivity index (χ3n) is 5.57. The van der Waals surface area contributed by atoms with Crippen molar-refractivity contribution >= 4 is 22.6 Å². The van der Waals surface area contributed by atoms with Gasteiger partial charge < -0.3 is 9.73 Å². The summed E-state index contributed by atoms with van der Waals surface area (Å²) in [5.41, 5.74) is 6.93. The summed E-state index contributed by atoms with van der Waals surface area (Å²) in [5, 5.41) is 3.92. The van der Waals surface area contributed by atoms with Gasteiger partial charge in [0.2, 0.25) is 0 Å². The van der Waals surface area contributed by atoms with Crippen molar-refractivity contribution in [1.82, 2.24) is 5.43 Å². The third kappa shape index (κ3) is 3.88. The maximum absolute atomic E-state index is 13.2. The van der Waals surface area contributed by atoms with E-state index in [0.29, 0.717) is 33.5 Å². The lowest BCUT2D eigenvalue weighted by Gasteiger charge is -2.20. The summed E-state index contributed by atoms with van der Waals surface area (Å²) in [7, 11) is 0. The van der Waals surface area contributed by atoms with Crippen molar-refractivity contribution in [1.29, 1.82) is 0 Å². The van der Waals surface area contributed by atoms with Crippen molar-refractivity contribution in [3.8, 4) is 11.3 Å². The first-order valence-corrected chi connectivity index (χ1v) is 10.4. The minimum atomic E-state index is -0.386. The second-order valence-electron chi connectivity index (χ2n) is 7.87. The molecule has 1 atom stereocenters. The minimum Gasteiger partial charge on any atom is -0.455 e. The van der Waals surface area contributed by atoms with Crippen LogP contribution in [0.5, 0.6) is 0 Å². The number of hydrogen-bond donors (Lipinski definition) is 3. The van der Waals surface area contributed by atoms with Crippen molar-refractivity contribution in [3.05, 3.63) is 99.2 Å². The van der Waals surface area contributed by atoms with Crippen LogP contribution in [0.4, 0.5) is 5.69 Å². The predicted molar refractivity (Wildman–Crippen MR) is 128 cm³/mol. The first-order valence-electron chi connectivity index (χ1n) is 10.4. The van der Waals surface area contributed by atoms with E-state index in [1.54, 1.807) is 19.1 Å². The number of carbonyl (C=O) groups excluding carboxylic acids is 1. The summed E-state index contributed by atoms with van der Waals surface area (Å²) in [6.07, 6.45) is 0. The molecule has 0 saturated heterocycles. The zero-order chi connectivity index (χ0) is 22.8. The number of rotatable bonds is 5. The van der Waals surface area contributed by atoms with E-state index in [1.807, 2.05) is 68.4 Å². The highest BCUT2D eigenvalue weighted by molar-refractivity contribution is 5.99. The number of anilines is 1. The maximum Gasteiger partial charge on any atom is 0.267 e. The van der Waals surface area contributed by atoms with Crippen LogP contribution in [-0.4, -0.2) is 5.91 Å². The van der Waals surface area contributed by atoms with Crippen molar-refractivity contribution in [2.45, 2.75) is 26.8 Å². The third-order valence-corrected chi connectivity index (χ3v) is 5.57. The number of carbonyl (C=O) groups is 1. The van der Waals surface area contributed by atoms with Gasteiger partial charge in [-0.25, -0.2) is 5.84 Å². The van der Waals surface area contributed by atoms with Gasteiger partial charge in [-0.1, -0.05) is 48.5 Å². The molecule has 1 unspecified atom stereocenters. The Morgan fingerprint density at radius 3 is 2.41 bits per heavy atom. The van der Waals surface area contributed by atoms with Gasteiger partial charge >= 0.3 is 0 Å². The molecule has 0 aliphatic rings. The number of nitrogens with one attached hydrogen (secondary N) is 2. The zero-order valence-corrected chi connectivity index (χ0v) is 18.2. The predicted octanol–water partition coefficient (Wildman–Crippen LogP) is 4.85. The smallest absolute Gasteiger partial charge is 0.267 e. The average Bonchev–Trinajstić information content (AvgIpc) is 2.81. The van der Waals surface area contributed by atoms with E-state index in [4.69, 9.17) is 10.3 Å². The monoisotopic (exact) mass is 427 g/mol. The highest BCUT2D eigenvalue weighted by Crippen LogP contribution is 2.32. The topological polar surface area (TPSA) is 97.4 Å². The molecule has 0 radical (unpaired) electrons. The number of nitrogen functional groups attached to an aromatic ring is 1. The largest absolute Gasteiger partial charge is 0.455 e. The highest BCUT2D eigenvalue weighted by atomic mass is 16.3. The molecule has 1 amide bonds. The quantitative estimate of drug-likeness (QED) is 0.240. The Labute approximate surface area is 186 Å². The number of benzene rings is 3. The molecular weight excluding hydrogens is 402 g/mol. The Morgan fingerprint density at radius 2 is 1.69 bits per heavy atom. The molecule has 6 nitrogen and oxygen atoms in total. The van der Waals surface area contributed by atoms with Gasteiger partial charge in [-0.05, 0) is 44.5 Å². The fourth-order valence-corrected chi connectivity index (χ4v) is 3.95. The summed E-state index contributed by atoms with van der Waals surface area (Å²) >= 11 is 0. The lowest BCUT2D eigenvalue weighted by Crippen LogP contribution is -2.30. The van der Waals surface area contributed by atoms with Crippen molar-refractivity contribution < 1.29 is 9.21 Å². The lowest BCUT2D eigenvalue weighted by molar-refractivity contribution is 0.0954. The lowest BCUT2D eigenvalue weighted by atomic mass is 9.98. The number of hydrogen-bond acceptors (Lipinski definition) is 5. The van der Waals surface area contributed by atoms with E-state index >= 15 is 0 Å². The fraction of sp³-hybridized carbons (Fsp3) is 0.154.